The summed E-state index contributed by atoms with van der Waals surface area (Å²) in [4.78, 5) is 10.9. The van der Waals surface area contributed by atoms with Gasteiger partial charge in [0.25, 0.3) is 0 Å². The van der Waals surface area contributed by atoms with Crippen LogP contribution in [-0.2, 0) is 4.79 Å². The first-order chi connectivity index (χ1) is 6.24. The van der Waals surface area contributed by atoms with Crippen LogP contribution >= 0.6 is 11.6 Å². The van der Waals surface area contributed by atoms with Crippen molar-refractivity contribution in [2.75, 3.05) is 5.88 Å². The average molecular weight is 201 g/mol. The van der Waals surface area contributed by atoms with Crippen LogP contribution in [0.4, 0.5) is 0 Å². The summed E-state index contributed by atoms with van der Waals surface area (Å²) < 4.78 is 4.81. The second kappa shape index (κ2) is 4.72. The van der Waals surface area contributed by atoms with Gasteiger partial charge in [0.05, 0.1) is 6.42 Å². The summed E-state index contributed by atoms with van der Waals surface area (Å²) in [7, 11) is 0. The number of esters is 1. The lowest BCUT2D eigenvalue weighted by Gasteiger charge is -2.03. The predicted molar refractivity (Wildman–Crippen MR) is 49.1 cm³/mol. The highest BCUT2D eigenvalue weighted by molar-refractivity contribution is 6.18. The third kappa shape index (κ3) is 2.95. The Kier molecular flexibility index (Phi) is 3.58. The summed E-state index contributed by atoms with van der Waals surface area (Å²) in [5, 5.41) is 9.22. The number of ether oxygens (including phenoxy) is 1. The summed E-state index contributed by atoms with van der Waals surface area (Å²) in [6.45, 7) is 0. The van der Waals surface area contributed by atoms with Crippen LogP contribution in [0.2, 0.25) is 0 Å². The lowest BCUT2D eigenvalue weighted by Crippen LogP contribution is -2.07. The Morgan fingerprint density at radius 2 is 2.15 bits per heavy atom. The molecule has 0 aliphatic carbocycles. The zero-order valence-electron chi connectivity index (χ0n) is 6.87. The molecule has 0 amide bonds. The molecule has 0 aliphatic rings. The highest BCUT2D eigenvalue weighted by Gasteiger charge is 2.06. The second-order valence-electron chi connectivity index (χ2n) is 2.38. The van der Waals surface area contributed by atoms with Gasteiger partial charge in [-0.3, -0.25) is 4.79 Å². The van der Waals surface area contributed by atoms with Crippen molar-refractivity contribution in [3.8, 4) is 11.5 Å². The fourth-order valence-electron chi connectivity index (χ4n) is 0.794. The number of phenols is 1. The van der Waals surface area contributed by atoms with E-state index in [1.807, 2.05) is 0 Å². The van der Waals surface area contributed by atoms with Gasteiger partial charge >= 0.3 is 5.97 Å². The summed E-state index contributed by atoms with van der Waals surface area (Å²) >= 11 is 5.34. The molecule has 0 radical (unpaired) electrons. The molecule has 0 atom stereocenters. The number of hydrogen-bond acceptors (Lipinski definition) is 3. The number of carbonyl (C=O) groups excluding carboxylic acids is 1. The monoisotopic (exact) mass is 200 g/mol. The molecule has 70 valence electrons. The van der Waals surface area contributed by atoms with Gasteiger partial charge in [-0.2, -0.15) is 0 Å². The smallest absolute Gasteiger partial charge is 0.312 e. The van der Waals surface area contributed by atoms with Crippen molar-refractivity contribution in [2.24, 2.45) is 0 Å². The second-order valence-corrected chi connectivity index (χ2v) is 2.76. The van der Waals surface area contributed by atoms with Crippen LogP contribution in [0, 0.1) is 0 Å². The van der Waals surface area contributed by atoms with E-state index in [1.54, 1.807) is 12.1 Å². The lowest BCUT2D eigenvalue weighted by atomic mass is 10.3. The number of phenolic OH excluding ortho intramolecular Hbond substituents is 1. The van der Waals surface area contributed by atoms with Gasteiger partial charge in [0.15, 0.2) is 11.5 Å². The molecule has 0 saturated carbocycles. The highest BCUT2D eigenvalue weighted by Crippen LogP contribution is 2.24. The largest absolute Gasteiger partial charge is 0.504 e. The summed E-state index contributed by atoms with van der Waals surface area (Å²) in [6.07, 6.45) is 0.135. The molecule has 13 heavy (non-hydrogen) atoms. The Labute approximate surface area is 80.9 Å². The highest BCUT2D eigenvalue weighted by atomic mass is 35.5. The molecule has 4 heteroatoms. The molecule has 0 bridgehead atoms. The van der Waals surface area contributed by atoms with Crippen LogP contribution in [0.5, 0.6) is 11.5 Å². The molecule has 3 nitrogen and oxygen atoms in total. The first kappa shape index (κ1) is 9.86. The third-order valence-corrected chi connectivity index (χ3v) is 1.58. The maximum atomic E-state index is 10.9. The topological polar surface area (TPSA) is 46.5 Å². The van der Waals surface area contributed by atoms with Crippen molar-refractivity contribution in [2.45, 2.75) is 6.42 Å². The van der Waals surface area contributed by atoms with E-state index in [4.69, 9.17) is 16.3 Å². The van der Waals surface area contributed by atoms with Gasteiger partial charge in [-0.05, 0) is 12.1 Å². The van der Waals surface area contributed by atoms with E-state index >= 15 is 0 Å². The van der Waals surface area contributed by atoms with Crippen LogP contribution in [-0.4, -0.2) is 17.0 Å². The van der Waals surface area contributed by atoms with E-state index in [1.165, 1.54) is 12.1 Å². The molecule has 0 unspecified atom stereocenters. The van der Waals surface area contributed by atoms with Crippen molar-refractivity contribution >= 4 is 17.6 Å². The zero-order chi connectivity index (χ0) is 9.68. The molecular formula is C9H9ClO3. The van der Waals surface area contributed by atoms with Gasteiger partial charge < -0.3 is 9.84 Å². The maximum Gasteiger partial charge on any atom is 0.312 e. The fourth-order valence-corrected chi connectivity index (χ4v) is 0.949. The minimum Gasteiger partial charge on any atom is -0.504 e. The van der Waals surface area contributed by atoms with Crippen molar-refractivity contribution in [3.05, 3.63) is 24.3 Å². The van der Waals surface area contributed by atoms with Gasteiger partial charge in [0.2, 0.25) is 0 Å². The van der Waals surface area contributed by atoms with E-state index in [9.17, 15) is 9.90 Å². The minimum atomic E-state index is -0.448. The van der Waals surface area contributed by atoms with Crippen molar-refractivity contribution in [1.29, 1.82) is 0 Å². The number of rotatable bonds is 3. The molecular weight excluding hydrogens is 192 g/mol. The van der Waals surface area contributed by atoms with Gasteiger partial charge in [0, 0.05) is 5.88 Å². The quantitative estimate of drug-likeness (QED) is 0.461. The molecule has 1 rings (SSSR count). The molecule has 0 aromatic heterocycles. The number of hydrogen-bond donors (Lipinski definition) is 1. The fraction of sp³-hybridized carbons (Fsp3) is 0.222. The summed E-state index contributed by atoms with van der Waals surface area (Å²) in [6, 6.07) is 6.28. The van der Waals surface area contributed by atoms with E-state index in [-0.39, 0.29) is 23.8 Å². The Hall–Kier alpha value is -1.22. The molecule has 1 aromatic rings. The summed E-state index contributed by atoms with van der Waals surface area (Å²) in [5.74, 6) is -0.119. The van der Waals surface area contributed by atoms with Crippen molar-refractivity contribution in [3.63, 3.8) is 0 Å². The van der Waals surface area contributed by atoms with Crippen LogP contribution in [0.15, 0.2) is 24.3 Å². The number of para-hydroxylation sites is 2. The standard InChI is InChI=1S/C9H9ClO3/c10-6-5-9(12)13-8-4-2-1-3-7(8)11/h1-4,11H,5-6H2. The van der Waals surface area contributed by atoms with Crippen LogP contribution in [0.1, 0.15) is 6.42 Å². The zero-order valence-corrected chi connectivity index (χ0v) is 7.62. The molecule has 1 N–H and O–H groups in total. The van der Waals surface area contributed by atoms with E-state index < -0.39 is 5.97 Å². The van der Waals surface area contributed by atoms with Gasteiger partial charge in [-0.1, -0.05) is 12.1 Å². The Morgan fingerprint density at radius 1 is 1.46 bits per heavy atom. The van der Waals surface area contributed by atoms with Crippen LogP contribution < -0.4 is 4.74 Å². The lowest BCUT2D eigenvalue weighted by molar-refractivity contribution is -0.134. The van der Waals surface area contributed by atoms with Gasteiger partial charge in [0.1, 0.15) is 0 Å². The van der Waals surface area contributed by atoms with Crippen LogP contribution in [0.3, 0.4) is 0 Å². The van der Waals surface area contributed by atoms with Crippen molar-refractivity contribution in [1.82, 2.24) is 0 Å². The molecule has 1 aromatic carbocycles. The maximum absolute atomic E-state index is 10.9. The van der Waals surface area contributed by atoms with Gasteiger partial charge in [-0.25, -0.2) is 0 Å². The number of benzene rings is 1. The first-order valence-electron chi connectivity index (χ1n) is 3.78. The third-order valence-electron chi connectivity index (χ3n) is 1.39. The molecule has 0 heterocycles. The number of alkyl halides is 1. The average Bonchev–Trinajstić information content (AvgIpc) is 2.09. The number of halogens is 1. The SMILES string of the molecule is O=C(CCCl)Oc1ccccc1O. The molecule has 0 aliphatic heterocycles. The number of carbonyl (C=O) groups is 1. The summed E-state index contributed by atoms with van der Waals surface area (Å²) in [5.41, 5.74) is 0. The van der Waals surface area contributed by atoms with Crippen molar-refractivity contribution < 1.29 is 14.6 Å². The first-order valence-corrected chi connectivity index (χ1v) is 4.32. The van der Waals surface area contributed by atoms with Crippen LogP contribution in [0.25, 0.3) is 0 Å². The molecule has 0 fully saturated rings. The number of aromatic hydroxyl groups is 1. The predicted octanol–water partition coefficient (Wildman–Crippen LogP) is 1.93. The minimum absolute atomic E-state index is 0.0505. The normalized spacial score (nSPS) is 9.62. The van der Waals surface area contributed by atoms with Gasteiger partial charge in [-0.15, -0.1) is 11.6 Å². The van der Waals surface area contributed by atoms with E-state index in [0.29, 0.717) is 0 Å². The molecule has 0 spiro atoms. The van der Waals surface area contributed by atoms with E-state index in [2.05, 4.69) is 0 Å². The Morgan fingerprint density at radius 3 is 2.77 bits per heavy atom. The molecule has 0 saturated heterocycles. The van der Waals surface area contributed by atoms with E-state index in [0.717, 1.165) is 0 Å². The Bertz CT molecular complexity index is 299. The Balaban J connectivity index is 2.63.